The summed E-state index contributed by atoms with van der Waals surface area (Å²) in [5, 5.41) is 15.1. The molecule has 212 valence electrons. The first-order valence-electron chi connectivity index (χ1n) is 13.1. The number of carbonyl (C=O) groups is 4. The monoisotopic (exact) mass is 594 g/mol. The SMILES string of the molecule is Nc1nc(N(C(=O)/C=N\OC2CCCC2)[C@@H]2C(=O)N3C(C(=O)O)=C(/C=C4\CN(c5ccccc5)C4=O)CS[C@H]23)cs1. The van der Waals surface area contributed by atoms with E-state index in [1.54, 1.807) is 16.4 Å². The van der Waals surface area contributed by atoms with Crippen molar-refractivity contribution in [2.75, 3.05) is 27.8 Å². The second-order valence-electron chi connectivity index (χ2n) is 9.93. The Balaban J connectivity index is 1.24. The van der Waals surface area contributed by atoms with E-state index in [9.17, 15) is 24.3 Å². The summed E-state index contributed by atoms with van der Waals surface area (Å²) in [7, 11) is 0. The number of fused-ring (bicyclic) bond motifs is 1. The van der Waals surface area contributed by atoms with E-state index in [-0.39, 0.29) is 34.4 Å². The smallest absolute Gasteiger partial charge is 0.352 e. The molecule has 4 aliphatic rings. The molecule has 3 fully saturated rings. The molecule has 4 heterocycles. The topological polar surface area (TPSA) is 159 Å². The molecule has 0 unspecified atom stereocenters. The van der Waals surface area contributed by atoms with Gasteiger partial charge in [-0.1, -0.05) is 23.4 Å². The molecule has 3 N–H and O–H groups in total. The minimum atomic E-state index is -1.29. The van der Waals surface area contributed by atoms with Crippen LogP contribution >= 0.6 is 23.1 Å². The Labute approximate surface area is 243 Å². The van der Waals surface area contributed by atoms with Crippen molar-refractivity contribution < 1.29 is 29.1 Å². The highest BCUT2D eigenvalue weighted by Gasteiger charge is 2.57. The van der Waals surface area contributed by atoms with E-state index >= 15 is 0 Å². The van der Waals surface area contributed by atoms with Crippen LogP contribution in [0.2, 0.25) is 0 Å². The Morgan fingerprint density at radius 2 is 1.95 bits per heavy atom. The third-order valence-corrected chi connectivity index (χ3v) is 9.33. The van der Waals surface area contributed by atoms with Gasteiger partial charge in [0.1, 0.15) is 35.2 Å². The van der Waals surface area contributed by atoms with Crippen molar-refractivity contribution in [1.29, 1.82) is 0 Å². The molecule has 3 aliphatic heterocycles. The number of hydrogen-bond acceptors (Lipinski definition) is 10. The molecule has 1 saturated carbocycles. The lowest BCUT2D eigenvalue weighted by atomic mass is 9.98. The van der Waals surface area contributed by atoms with E-state index < -0.39 is 29.2 Å². The molecule has 1 aliphatic carbocycles. The normalized spacial score (nSPS) is 23.6. The average Bonchev–Trinajstić information content (AvgIpc) is 3.65. The van der Waals surface area contributed by atoms with E-state index in [0.717, 1.165) is 48.9 Å². The van der Waals surface area contributed by atoms with Crippen molar-refractivity contribution in [2.45, 2.75) is 43.2 Å². The van der Waals surface area contributed by atoms with E-state index in [0.29, 0.717) is 17.7 Å². The molecule has 1 aromatic heterocycles. The number of nitrogens with zero attached hydrogens (tertiary/aromatic N) is 5. The molecule has 2 aromatic rings. The highest BCUT2D eigenvalue weighted by atomic mass is 32.2. The first-order chi connectivity index (χ1) is 19.8. The number of thiazole rings is 1. The van der Waals surface area contributed by atoms with Gasteiger partial charge in [0.15, 0.2) is 5.13 Å². The molecule has 12 nitrogen and oxygen atoms in total. The highest BCUT2D eigenvalue weighted by molar-refractivity contribution is 8.00. The number of amides is 3. The van der Waals surface area contributed by atoms with Gasteiger partial charge in [0.25, 0.3) is 17.7 Å². The fourth-order valence-corrected chi connectivity index (χ4v) is 7.25. The van der Waals surface area contributed by atoms with E-state index in [1.807, 2.05) is 30.3 Å². The summed E-state index contributed by atoms with van der Waals surface area (Å²) >= 11 is 2.43. The molecule has 2 saturated heterocycles. The summed E-state index contributed by atoms with van der Waals surface area (Å²) in [5.74, 6) is -2.30. The summed E-state index contributed by atoms with van der Waals surface area (Å²) in [6.07, 6.45) is 6.35. The zero-order chi connectivity index (χ0) is 28.7. The minimum absolute atomic E-state index is 0.0460. The summed E-state index contributed by atoms with van der Waals surface area (Å²) in [6.45, 7) is 0.333. The summed E-state index contributed by atoms with van der Waals surface area (Å²) < 4.78 is 0. The van der Waals surface area contributed by atoms with Gasteiger partial charge in [-0.15, -0.1) is 23.1 Å². The predicted octanol–water partition coefficient (Wildman–Crippen LogP) is 2.60. The van der Waals surface area contributed by atoms with Crippen LogP contribution < -0.4 is 15.5 Å². The predicted molar refractivity (Wildman–Crippen MR) is 154 cm³/mol. The molecule has 2 atom stereocenters. The number of para-hydroxylation sites is 1. The second-order valence-corrected chi connectivity index (χ2v) is 11.9. The molecule has 1 aromatic carbocycles. The summed E-state index contributed by atoms with van der Waals surface area (Å²) in [4.78, 5) is 65.6. The maximum absolute atomic E-state index is 13.5. The number of hydrogen-bond donors (Lipinski definition) is 2. The Kier molecular flexibility index (Phi) is 7.26. The number of carbonyl (C=O) groups excluding carboxylic acids is 3. The Morgan fingerprint density at radius 3 is 2.61 bits per heavy atom. The van der Waals surface area contributed by atoms with Crippen molar-refractivity contribution in [3.8, 4) is 0 Å². The van der Waals surface area contributed by atoms with Crippen LogP contribution in [0.3, 0.4) is 0 Å². The van der Waals surface area contributed by atoms with Gasteiger partial charge in [0.05, 0.1) is 6.54 Å². The van der Waals surface area contributed by atoms with Crippen LogP contribution in [0.25, 0.3) is 0 Å². The maximum Gasteiger partial charge on any atom is 0.352 e. The fourth-order valence-electron chi connectivity index (χ4n) is 5.36. The van der Waals surface area contributed by atoms with Gasteiger partial charge in [-0.25, -0.2) is 9.78 Å². The number of thioether (sulfide) groups is 1. The number of rotatable bonds is 8. The first kappa shape index (κ1) is 27.0. The standard InChI is InChI=1S/C27H26N6O6S2/c28-27-30-19(14-41-27)32(20(34)11-29-39-18-8-4-5-9-18)22-24(36)33-21(26(37)38)16(13-40-25(22)33)10-15-12-31(23(15)35)17-6-2-1-3-7-17/h1-3,6-7,10-11,14,18,22,25H,4-5,8-9,12-13H2,(H2,28,30)(H,37,38)/b15-10+,29-11-/t22-,25-/m1/s1. The molecule has 41 heavy (non-hydrogen) atoms. The molecular formula is C27H26N6O6S2. The summed E-state index contributed by atoms with van der Waals surface area (Å²) in [6, 6.07) is 8.16. The molecule has 14 heteroatoms. The van der Waals surface area contributed by atoms with Crippen molar-refractivity contribution in [1.82, 2.24) is 9.88 Å². The lowest BCUT2D eigenvalue weighted by Crippen LogP contribution is -2.72. The number of β-lactam (4-membered cyclic amide) rings is 2. The molecule has 3 amide bonds. The third-order valence-electron chi connectivity index (χ3n) is 7.38. The second kappa shape index (κ2) is 11.0. The van der Waals surface area contributed by atoms with Crippen LogP contribution in [0.4, 0.5) is 16.6 Å². The number of carboxylic acids is 1. The van der Waals surface area contributed by atoms with Gasteiger partial charge in [0.2, 0.25) is 0 Å². The largest absolute Gasteiger partial charge is 0.477 e. The number of carboxylic acid groups (broad SMARTS) is 1. The zero-order valence-electron chi connectivity index (χ0n) is 21.7. The number of aromatic nitrogens is 1. The van der Waals surface area contributed by atoms with Crippen LogP contribution in [0.1, 0.15) is 25.7 Å². The van der Waals surface area contributed by atoms with E-state index in [1.165, 1.54) is 21.6 Å². The van der Waals surface area contributed by atoms with Crippen molar-refractivity contribution in [2.24, 2.45) is 5.16 Å². The van der Waals surface area contributed by atoms with Gasteiger partial charge in [0, 0.05) is 22.4 Å². The number of oxime groups is 1. The highest BCUT2D eigenvalue weighted by Crippen LogP contribution is 2.44. The van der Waals surface area contributed by atoms with Gasteiger partial charge in [-0.05, 0) is 49.5 Å². The number of benzene rings is 1. The molecule has 6 rings (SSSR count). The number of allylic oxidation sites excluding steroid dienone is 1. The Bertz CT molecular complexity index is 1500. The van der Waals surface area contributed by atoms with Crippen LogP contribution in [-0.2, 0) is 24.0 Å². The van der Waals surface area contributed by atoms with Gasteiger partial charge in [-0.2, -0.15) is 0 Å². The summed E-state index contributed by atoms with van der Waals surface area (Å²) in [5.41, 5.74) is 7.20. The van der Waals surface area contributed by atoms with E-state index in [4.69, 9.17) is 10.6 Å². The molecule has 0 bridgehead atoms. The molecule has 0 radical (unpaired) electrons. The van der Waals surface area contributed by atoms with Gasteiger partial charge >= 0.3 is 5.97 Å². The van der Waals surface area contributed by atoms with Crippen LogP contribution in [0.15, 0.2) is 63.8 Å². The van der Waals surface area contributed by atoms with Crippen LogP contribution in [0, 0.1) is 0 Å². The Morgan fingerprint density at radius 1 is 1.20 bits per heavy atom. The average molecular weight is 595 g/mol. The Hall–Kier alpha value is -4.17. The fraction of sp³-hybridized carbons (Fsp3) is 0.333. The van der Waals surface area contributed by atoms with Crippen molar-refractivity contribution in [3.63, 3.8) is 0 Å². The van der Waals surface area contributed by atoms with E-state index in [2.05, 4.69) is 10.1 Å². The third kappa shape index (κ3) is 4.97. The minimum Gasteiger partial charge on any atom is -0.477 e. The number of nitrogen functional groups attached to an aromatic ring is 1. The number of anilines is 3. The molecule has 0 spiro atoms. The van der Waals surface area contributed by atoms with Gasteiger partial charge < -0.3 is 20.6 Å². The van der Waals surface area contributed by atoms with Crippen molar-refractivity contribution >= 4 is 69.6 Å². The maximum atomic E-state index is 13.5. The molecular weight excluding hydrogens is 568 g/mol. The number of aliphatic carboxylic acids is 1. The zero-order valence-corrected chi connectivity index (χ0v) is 23.3. The quantitative estimate of drug-likeness (QED) is 0.203. The lowest BCUT2D eigenvalue weighted by Gasteiger charge is -2.52. The van der Waals surface area contributed by atoms with Crippen molar-refractivity contribution in [3.05, 3.63) is 58.6 Å². The van der Waals surface area contributed by atoms with Crippen LogP contribution in [-0.4, -0.2) is 74.7 Å². The lowest BCUT2D eigenvalue weighted by molar-refractivity contribution is -0.148. The first-order valence-corrected chi connectivity index (χ1v) is 15.0. The van der Waals surface area contributed by atoms with Gasteiger partial charge in [-0.3, -0.25) is 24.2 Å². The number of nitrogens with two attached hydrogens (primary N) is 1. The van der Waals surface area contributed by atoms with Crippen LogP contribution in [0.5, 0.6) is 0 Å².